The number of ether oxygens (including phenoxy) is 1. The van der Waals surface area contributed by atoms with Crippen LogP contribution >= 0.6 is 0 Å². The van der Waals surface area contributed by atoms with Gasteiger partial charge in [0.05, 0.1) is 7.11 Å². The molecule has 0 saturated carbocycles. The number of hydrogen-bond acceptors (Lipinski definition) is 3. The molecule has 4 heteroatoms. The molecule has 0 fully saturated rings. The van der Waals surface area contributed by atoms with Crippen LogP contribution in [0.5, 0.6) is 0 Å². The molecule has 1 atom stereocenters. The molecule has 4 nitrogen and oxygen atoms in total. The monoisotopic (exact) mass is 218 g/mol. The van der Waals surface area contributed by atoms with Gasteiger partial charge in [0.25, 0.3) is 0 Å². The van der Waals surface area contributed by atoms with Crippen LogP contribution in [0.15, 0.2) is 24.3 Å². The van der Waals surface area contributed by atoms with Crippen LogP contribution in [-0.2, 0) is 9.53 Å². The minimum Gasteiger partial charge on any atom is -0.468 e. The number of methoxy groups -OCH3 is 1. The van der Waals surface area contributed by atoms with Gasteiger partial charge in [0, 0.05) is 11.2 Å². The van der Waals surface area contributed by atoms with Crippen LogP contribution in [-0.4, -0.2) is 18.1 Å². The van der Waals surface area contributed by atoms with E-state index >= 15 is 0 Å². The van der Waals surface area contributed by atoms with Crippen molar-refractivity contribution in [1.29, 1.82) is 0 Å². The fraction of sp³-hybridized carbons (Fsp3) is 0.250. The summed E-state index contributed by atoms with van der Waals surface area (Å²) in [6, 6.07) is 7.14. The second kappa shape index (κ2) is 3.98. The third kappa shape index (κ3) is 1.79. The number of fused-ring (bicyclic) bond motifs is 1. The molecule has 2 rings (SSSR count). The molecule has 0 saturated heterocycles. The molecule has 2 aromatic rings. The van der Waals surface area contributed by atoms with Crippen LogP contribution in [0.1, 0.15) is 17.3 Å². The maximum absolute atomic E-state index is 11.3. The first-order valence-corrected chi connectivity index (χ1v) is 5.04. The van der Waals surface area contributed by atoms with Crippen molar-refractivity contribution in [2.75, 3.05) is 7.11 Å². The Hall–Kier alpha value is -1.81. The van der Waals surface area contributed by atoms with Crippen molar-refractivity contribution in [2.24, 2.45) is 5.73 Å². The summed E-state index contributed by atoms with van der Waals surface area (Å²) < 4.78 is 4.60. The lowest BCUT2D eigenvalue weighted by Gasteiger charge is -2.05. The number of benzene rings is 1. The number of carbonyl (C=O) groups excluding carboxylic acids is 1. The van der Waals surface area contributed by atoms with E-state index < -0.39 is 12.0 Å². The maximum atomic E-state index is 11.3. The lowest BCUT2D eigenvalue weighted by Crippen LogP contribution is -2.22. The Labute approximate surface area is 93.4 Å². The van der Waals surface area contributed by atoms with Crippen LogP contribution in [0, 0.1) is 6.92 Å². The number of carbonyl (C=O) groups is 1. The summed E-state index contributed by atoms with van der Waals surface area (Å²) in [7, 11) is 1.33. The summed E-state index contributed by atoms with van der Waals surface area (Å²) in [6.45, 7) is 2.02. The van der Waals surface area contributed by atoms with Crippen molar-refractivity contribution < 1.29 is 9.53 Å². The Morgan fingerprint density at radius 1 is 1.44 bits per heavy atom. The highest BCUT2D eigenvalue weighted by atomic mass is 16.5. The van der Waals surface area contributed by atoms with E-state index in [1.54, 1.807) is 0 Å². The SMILES string of the molecule is COC(=O)C(N)c1cc2cc(C)ccc2[nH]1. The highest BCUT2D eigenvalue weighted by Gasteiger charge is 2.18. The largest absolute Gasteiger partial charge is 0.468 e. The Balaban J connectivity index is 2.43. The van der Waals surface area contributed by atoms with E-state index in [0.29, 0.717) is 5.69 Å². The zero-order chi connectivity index (χ0) is 11.7. The zero-order valence-electron chi connectivity index (χ0n) is 9.28. The summed E-state index contributed by atoms with van der Waals surface area (Å²) in [4.78, 5) is 14.4. The number of H-pyrrole nitrogens is 1. The van der Waals surface area contributed by atoms with E-state index in [-0.39, 0.29) is 0 Å². The second-order valence-electron chi connectivity index (χ2n) is 3.82. The third-order valence-electron chi connectivity index (χ3n) is 2.59. The van der Waals surface area contributed by atoms with E-state index in [2.05, 4.69) is 9.72 Å². The van der Waals surface area contributed by atoms with Crippen molar-refractivity contribution in [1.82, 2.24) is 4.98 Å². The van der Waals surface area contributed by atoms with Gasteiger partial charge in [-0.15, -0.1) is 0 Å². The Morgan fingerprint density at radius 2 is 2.19 bits per heavy atom. The van der Waals surface area contributed by atoms with Crippen molar-refractivity contribution in [3.8, 4) is 0 Å². The maximum Gasteiger partial charge on any atom is 0.328 e. The molecule has 0 spiro atoms. The number of nitrogens with one attached hydrogen (secondary N) is 1. The third-order valence-corrected chi connectivity index (χ3v) is 2.59. The quantitative estimate of drug-likeness (QED) is 0.753. The number of aryl methyl sites for hydroxylation is 1. The molecule has 0 bridgehead atoms. The van der Waals surface area contributed by atoms with E-state index in [0.717, 1.165) is 10.9 Å². The molecule has 16 heavy (non-hydrogen) atoms. The average molecular weight is 218 g/mol. The van der Waals surface area contributed by atoms with Gasteiger partial charge < -0.3 is 15.5 Å². The molecule has 0 radical (unpaired) electrons. The Morgan fingerprint density at radius 3 is 2.88 bits per heavy atom. The van der Waals surface area contributed by atoms with Gasteiger partial charge >= 0.3 is 5.97 Å². The Kier molecular flexibility index (Phi) is 2.66. The summed E-state index contributed by atoms with van der Waals surface area (Å²) in [6.07, 6.45) is 0. The number of hydrogen-bond donors (Lipinski definition) is 2. The predicted octanol–water partition coefficient (Wildman–Crippen LogP) is 1.65. The molecule has 3 N–H and O–H groups in total. The van der Waals surface area contributed by atoms with E-state index in [1.165, 1.54) is 12.7 Å². The van der Waals surface area contributed by atoms with Crippen LogP contribution in [0.4, 0.5) is 0 Å². The van der Waals surface area contributed by atoms with Crippen LogP contribution in [0.25, 0.3) is 10.9 Å². The molecular weight excluding hydrogens is 204 g/mol. The standard InChI is InChI=1S/C12H14N2O2/c1-7-3-4-9-8(5-7)6-10(14-9)11(13)12(15)16-2/h3-6,11,14H,13H2,1-2H3. The van der Waals surface area contributed by atoms with Gasteiger partial charge in [-0.25, -0.2) is 4.79 Å². The van der Waals surface area contributed by atoms with Gasteiger partial charge in [0.1, 0.15) is 6.04 Å². The number of nitrogens with two attached hydrogens (primary N) is 1. The first kappa shape index (κ1) is 10.7. The summed E-state index contributed by atoms with van der Waals surface area (Å²) in [5.74, 6) is -0.441. The molecule has 1 aromatic heterocycles. The molecule has 0 aliphatic carbocycles. The van der Waals surface area contributed by atoms with Gasteiger partial charge in [0.2, 0.25) is 0 Å². The molecule has 1 heterocycles. The smallest absolute Gasteiger partial charge is 0.328 e. The molecule has 0 aliphatic rings. The summed E-state index contributed by atoms with van der Waals surface area (Å²) >= 11 is 0. The number of rotatable bonds is 2. The van der Waals surface area contributed by atoms with Crippen molar-refractivity contribution in [2.45, 2.75) is 13.0 Å². The van der Waals surface area contributed by atoms with Gasteiger partial charge in [0.15, 0.2) is 0 Å². The van der Waals surface area contributed by atoms with E-state index in [9.17, 15) is 4.79 Å². The fourth-order valence-electron chi connectivity index (χ4n) is 1.70. The minimum atomic E-state index is -0.752. The highest BCUT2D eigenvalue weighted by molar-refractivity contribution is 5.84. The van der Waals surface area contributed by atoms with Crippen LogP contribution in [0.2, 0.25) is 0 Å². The Bertz CT molecular complexity index is 531. The highest BCUT2D eigenvalue weighted by Crippen LogP contribution is 2.20. The normalized spacial score (nSPS) is 12.7. The summed E-state index contributed by atoms with van der Waals surface area (Å²) in [5, 5.41) is 1.05. The predicted molar refractivity (Wildman–Crippen MR) is 62.0 cm³/mol. The first-order valence-electron chi connectivity index (χ1n) is 5.04. The number of aromatic amines is 1. The van der Waals surface area contributed by atoms with Crippen molar-refractivity contribution >= 4 is 16.9 Å². The van der Waals surface area contributed by atoms with Crippen molar-refractivity contribution in [3.63, 3.8) is 0 Å². The molecule has 0 amide bonds. The molecule has 0 aliphatic heterocycles. The lowest BCUT2D eigenvalue weighted by molar-refractivity contribution is -0.142. The van der Waals surface area contributed by atoms with Gasteiger partial charge in [-0.1, -0.05) is 11.6 Å². The topological polar surface area (TPSA) is 68.1 Å². The number of aromatic nitrogens is 1. The first-order chi connectivity index (χ1) is 7.61. The summed E-state index contributed by atoms with van der Waals surface area (Å²) in [5.41, 5.74) is 8.56. The molecule has 1 unspecified atom stereocenters. The van der Waals surface area contributed by atoms with E-state index in [1.807, 2.05) is 31.2 Å². The molecule has 1 aromatic carbocycles. The lowest BCUT2D eigenvalue weighted by atomic mass is 10.1. The second-order valence-corrected chi connectivity index (χ2v) is 3.82. The molecule has 84 valence electrons. The zero-order valence-corrected chi connectivity index (χ0v) is 9.28. The van der Waals surface area contributed by atoms with E-state index in [4.69, 9.17) is 5.73 Å². The molecular formula is C12H14N2O2. The average Bonchev–Trinajstić information content (AvgIpc) is 2.69. The number of esters is 1. The van der Waals surface area contributed by atoms with Gasteiger partial charge in [-0.05, 0) is 30.5 Å². The van der Waals surface area contributed by atoms with Gasteiger partial charge in [-0.2, -0.15) is 0 Å². The van der Waals surface area contributed by atoms with Gasteiger partial charge in [-0.3, -0.25) is 0 Å². The minimum absolute atomic E-state index is 0.441. The van der Waals surface area contributed by atoms with Crippen LogP contribution < -0.4 is 5.73 Å². The van der Waals surface area contributed by atoms with Crippen molar-refractivity contribution in [3.05, 3.63) is 35.5 Å². The fourth-order valence-corrected chi connectivity index (χ4v) is 1.70. The van der Waals surface area contributed by atoms with Crippen LogP contribution in [0.3, 0.4) is 0 Å².